The fourth-order valence-electron chi connectivity index (χ4n) is 5.71. The number of hydrogen-bond donors (Lipinski definition) is 1. The Bertz CT molecular complexity index is 1250. The minimum atomic E-state index is -0.375. The Hall–Kier alpha value is -3.29. The third-order valence-electron chi connectivity index (χ3n) is 7.83. The van der Waals surface area contributed by atoms with Crippen molar-refractivity contribution in [3.63, 3.8) is 0 Å². The minimum absolute atomic E-state index is 0.126. The quantitative estimate of drug-likeness (QED) is 0.506. The maximum Gasteiger partial charge on any atom is 0.328 e. The van der Waals surface area contributed by atoms with Crippen molar-refractivity contribution >= 4 is 6.21 Å². The predicted octanol–water partition coefficient (Wildman–Crippen LogP) is 4.85. The van der Waals surface area contributed by atoms with Crippen LogP contribution < -0.4 is 5.69 Å². The second kappa shape index (κ2) is 10.1. The number of aliphatic imine (C=N–C) groups is 1. The summed E-state index contributed by atoms with van der Waals surface area (Å²) < 4.78 is 4.10. The molecule has 8 nitrogen and oxygen atoms in total. The van der Waals surface area contributed by atoms with Gasteiger partial charge in [0.15, 0.2) is 5.82 Å². The smallest absolute Gasteiger partial charge is 0.296 e. The third kappa shape index (κ3) is 4.66. The van der Waals surface area contributed by atoms with Crippen molar-refractivity contribution in [2.45, 2.75) is 83.2 Å². The van der Waals surface area contributed by atoms with Gasteiger partial charge in [0.25, 0.3) is 0 Å². The van der Waals surface area contributed by atoms with Gasteiger partial charge < -0.3 is 0 Å². The summed E-state index contributed by atoms with van der Waals surface area (Å²) in [4.78, 5) is 18.3. The van der Waals surface area contributed by atoms with E-state index in [0.717, 1.165) is 48.9 Å². The maximum absolute atomic E-state index is 13.9. The van der Waals surface area contributed by atoms with Crippen LogP contribution >= 0.6 is 0 Å². The van der Waals surface area contributed by atoms with Crippen LogP contribution in [0.3, 0.4) is 0 Å². The molecule has 3 unspecified atom stereocenters. The molecule has 3 aromatic rings. The predicted molar refractivity (Wildman–Crippen MR) is 138 cm³/mol. The van der Waals surface area contributed by atoms with Crippen molar-refractivity contribution in [2.24, 2.45) is 10.9 Å². The Labute approximate surface area is 206 Å². The van der Waals surface area contributed by atoms with Crippen LogP contribution in [-0.2, 0) is 18.4 Å². The number of aryl methyl sites for hydroxylation is 1. The third-order valence-corrected chi connectivity index (χ3v) is 7.83. The van der Waals surface area contributed by atoms with Gasteiger partial charge in [0.2, 0.25) is 0 Å². The van der Waals surface area contributed by atoms with Gasteiger partial charge in [-0.3, -0.25) is 14.1 Å². The molecule has 0 bridgehead atoms. The number of benzene rings is 1. The Kier molecular flexibility index (Phi) is 6.79. The molecule has 1 saturated carbocycles. The van der Waals surface area contributed by atoms with E-state index in [9.17, 15) is 4.79 Å². The summed E-state index contributed by atoms with van der Waals surface area (Å²) in [6.07, 6.45) is 16.7. The van der Waals surface area contributed by atoms with Crippen molar-refractivity contribution in [3.05, 3.63) is 64.5 Å². The number of aromatic nitrogens is 6. The molecule has 2 aromatic heterocycles. The minimum Gasteiger partial charge on any atom is -0.296 e. The summed E-state index contributed by atoms with van der Waals surface area (Å²) in [5.74, 6) is 1.16. The highest BCUT2D eigenvalue weighted by molar-refractivity contribution is 5.65. The lowest BCUT2D eigenvalue weighted by atomic mass is 9.76. The molecule has 184 valence electrons. The van der Waals surface area contributed by atoms with Crippen LogP contribution in [0.2, 0.25) is 0 Å². The molecule has 1 aliphatic carbocycles. The topological polar surface area (TPSA) is 93.7 Å². The van der Waals surface area contributed by atoms with Crippen LogP contribution in [-0.4, -0.2) is 36.0 Å². The number of tetrazole rings is 1. The zero-order valence-electron chi connectivity index (χ0n) is 20.7. The highest BCUT2D eigenvalue weighted by atomic mass is 16.1. The summed E-state index contributed by atoms with van der Waals surface area (Å²) in [5, 5.41) is 14.4. The zero-order valence-corrected chi connectivity index (χ0v) is 20.7. The van der Waals surface area contributed by atoms with Crippen molar-refractivity contribution in [2.75, 3.05) is 0 Å². The SMILES string of the molecule is CCCCc1cn(C2CCCCC2C)c(=O)n1CC1(c2cccc(-c3nnn[nH]3)c2)C=CN=CC1. The first-order valence-corrected chi connectivity index (χ1v) is 13.0. The molecular formula is C27H35N7O. The van der Waals surface area contributed by atoms with Crippen LogP contribution in [0, 0.1) is 5.92 Å². The van der Waals surface area contributed by atoms with Gasteiger partial charge in [0.05, 0.1) is 0 Å². The van der Waals surface area contributed by atoms with Gasteiger partial charge in [-0.05, 0) is 60.1 Å². The van der Waals surface area contributed by atoms with Gasteiger partial charge in [-0.15, -0.1) is 5.10 Å². The lowest BCUT2D eigenvalue weighted by Crippen LogP contribution is -2.38. The van der Waals surface area contributed by atoms with E-state index in [1.165, 1.54) is 19.3 Å². The summed E-state index contributed by atoms with van der Waals surface area (Å²) >= 11 is 0. The van der Waals surface area contributed by atoms with Crippen molar-refractivity contribution in [3.8, 4) is 11.4 Å². The molecule has 0 saturated heterocycles. The highest BCUT2D eigenvalue weighted by Gasteiger charge is 2.34. The Morgan fingerprint density at radius 3 is 2.86 bits per heavy atom. The van der Waals surface area contributed by atoms with Gasteiger partial charge in [0, 0.05) is 47.9 Å². The van der Waals surface area contributed by atoms with Gasteiger partial charge >= 0.3 is 5.69 Å². The van der Waals surface area contributed by atoms with Crippen molar-refractivity contribution in [1.29, 1.82) is 0 Å². The molecule has 0 amide bonds. The molecule has 3 heterocycles. The van der Waals surface area contributed by atoms with E-state index in [4.69, 9.17) is 0 Å². The molecular weight excluding hydrogens is 438 g/mol. The molecule has 1 aromatic carbocycles. The maximum atomic E-state index is 13.9. The first-order chi connectivity index (χ1) is 17.1. The number of hydrogen-bond acceptors (Lipinski definition) is 5. The molecule has 3 atom stereocenters. The van der Waals surface area contributed by atoms with Crippen LogP contribution in [0.15, 0.2) is 52.5 Å². The molecule has 1 N–H and O–H groups in total. The summed E-state index contributed by atoms with van der Waals surface area (Å²) in [6.45, 7) is 5.08. The van der Waals surface area contributed by atoms with E-state index in [-0.39, 0.29) is 11.1 Å². The van der Waals surface area contributed by atoms with E-state index in [1.54, 1.807) is 0 Å². The summed E-state index contributed by atoms with van der Waals surface area (Å²) in [5.41, 5.74) is 2.94. The fraction of sp³-hybridized carbons (Fsp3) is 0.519. The highest BCUT2D eigenvalue weighted by Crippen LogP contribution is 2.36. The first kappa shape index (κ1) is 23.5. The second-order valence-corrected chi connectivity index (χ2v) is 10.2. The Morgan fingerprint density at radius 2 is 2.11 bits per heavy atom. The number of aromatic amines is 1. The van der Waals surface area contributed by atoms with Gasteiger partial charge in [0.1, 0.15) is 0 Å². The molecule has 0 radical (unpaired) electrons. The van der Waals surface area contributed by atoms with E-state index in [2.05, 4.69) is 68.4 Å². The number of H-pyrrole nitrogens is 1. The van der Waals surface area contributed by atoms with E-state index < -0.39 is 0 Å². The van der Waals surface area contributed by atoms with Crippen LogP contribution in [0.1, 0.15) is 76.1 Å². The number of allylic oxidation sites excluding steroid dienone is 1. The average Bonchev–Trinajstić information content (AvgIpc) is 3.53. The molecule has 35 heavy (non-hydrogen) atoms. The number of rotatable bonds is 8. The zero-order chi connectivity index (χ0) is 24.3. The lowest BCUT2D eigenvalue weighted by Gasteiger charge is -2.33. The van der Waals surface area contributed by atoms with Gasteiger partial charge in [-0.2, -0.15) is 0 Å². The second-order valence-electron chi connectivity index (χ2n) is 10.2. The average molecular weight is 474 g/mol. The molecule has 8 heteroatoms. The van der Waals surface area contributed by atoms with Crippen LogP contribution in [0.5, 0.6) is 0 Å². The molecule has 0 spiro atoms. The van der Waals surface area contributed by atoms with Crippen LogP contribution in [0.4, 0.5) is 0 Å². The van der Waals surface area contributed by atoms with Crippen molar-refractivity contribution in [1.82, 2.24) is 29.8 Å². The lowest BCUT2D eigenvalue weighted by molar-refractivity contribution is 0.250. The van der Waals surface area contributed by atoms with E-state index in [1.807, 2.05) is 29.1 Å². The molecule has 5 rings (SSSR count). The van der Waals surface area contributed by atoms with Gasteiger partial charge in [-0.1, -0.05) is 57.4 Å². The first-order valence-electron chi connectivity index (χ1n) is 13.0. The van der Waals surface area contributed by atoms with Crippen molar-refractivity contribution < 1.29 is 0 Å². The molecule has 1 aliphatic heterocycles. The monoisotopic (exact) mass is 473 g/mol. The van der Waals surface area contributed by atoms with Crippen LogP contribution in [0.25, 0.3) is 11.4 Å². The Morgan fingerprint density at radius 1 is 1.23 bits per heavy atom. The summed E-state index contributed by atoms with van der Waals surface area (Å²) in [7, 11) is 0. The number of nitrogens with zero attached hydrogens (tertiary/aromatic N) is 6. The van der Waals surface area contributed by atoms with E-state index in [0.29, 0.717) is 24.3 Å². The standard InChI is InChI=1S/C27H35N7O/c1-3-4-11-23-18-33(24-12-6-5-8-20(24)2)26(35)34(23)19-27(13-15-28-16-14-27)22-10-7-9-21(17-22)25-29-31-32-30-25/h7,9-10,13,15-18,20,24H,3-6,8,11-12,14,19H2,1-2H3,(H,29,30,31,32). The number of nitrogens with one attached hydrogen (secondary N) is 1. The number of imidazole rings is 1. The summed E-state index contributed by atoms with van der Waals surface area (Å²) in [6, 6.07) is 8.58. The molecule has 2 aliphatic rings. The normalized spacial score (nSPS) is 24.2. The van der Waals surface area contributed by atoms with Gasteiger partial charge in [-0.25, -0.2) is 9.89 Å². The molecule has 1 fully saturated rings. The number of unbranched alkanes of at least 4 members (excludes halogenated alkanes) is 1. The van der Waals surface area contributed by atoms with E-state index >= 15 is 0 Å². The Balaban J connectivity index is 1.56. The fourth-order valence-corrected chi connectivity index (χ4v) is 5.71. The largest absolute Gasteiger partial charge is 0.328 e.